The fourth-order valence-corrected chi connectivity index (χ4v) is 3.58. The van der Waals surface area contributed by atoms with Crippen LogP contribution in [0.3, 0.4) is 0 Å². The highest BCUT2D eigenvalue weighted by molar-refractivity contribution is 14.0. The lowest BCUT2D eigenvalue weighted by Crippen LogP contribution is -2.52. The van der Waals surface area contributed by atoms with Crippen LogP contribution in [0.15, 0.2) is 59.6 Å². The number of halogens is 2. The molecule has 0 aliphatic carbocycles. The topological polar surface area (TPSA) is 60.0 Å². The Morgan fingerprint density at radius 1 is 1.03 bits per heavy atom. The fourth-order valence-electron chi connectivity index (χ4n) is 3.36. The summed E-state index contributed by atoms with van der Waals surface area (Å²) in [6.07, 6.45) is 0.830. The van der Waals surface area contributed by atoms with E-state index < -0.39 is 0 Å². The van der Waals surface area contributed by atoms with Gasteiger partial charge in [0, 0.05) is 50.5 Å². The maximum atomic E-state index is 12.5. The van der Waals surface area contributed by atoms with Gasteiger partial charge in [-0.05, 0) is 36.2 Å². The normalized spacial score (nSPS) is 14.1. The summed E-state index contributed by atoms with van der Waals surface area (Å²) in [6.45, 7) is 4.11. The van der Waals surface area contributed by atoms with Gasteiger partial charge in [-0.2, -0.15) is 0 Å². The standard InChI is InChI=1S/C22H28ClN5O.HI/c1-24-22(25-11-10-18-6-5-7-19(23)16-18)26-17-21(29)28-14-12-27(13-15-28)20-8-3-2-4-9-20;/h2-9,16H,10-15,17H2,1H3,(H2,24,25,26);1H. The number of para-hydroxylation sites is 1. The van der Waals surface area contributed by atoms with Crippen molar-refractivity contribution in [3.05, 3.63) is 65.2 Å². The molecule has 1 heterocycles. The molecule has 1 aliphatic heterocycles. The van der Waals surface area contributed by atoms with E-state index in [0.717, 1.165) is 43.2 Å². The molecule has 1 fully saturated rings. The zero-order valence-corrected chi connectivity index (χ0v) is 20.3. The van der Waals surface area contributed by atoms with Crippen LogP contribution in [-0.4, -0.2) is 63.1 Å². The number of piperazine rings is 1. The molecule has 0 spiro atoms. The maximum Gasteiger partial charge on any atom is 0.242 e. The Kier molecular flexibility index (Phi) is 10.2. The molecule has 2 aromatic carbocycles. The zero-order valence-electron chi connectivity index (χ0n) is 17.2. The number of nitrogens with one attached hydrogen (secondary N) is 2. The van der Waals surface area contributed by atoms with Gasteiger partial charge in [0.25, 0.3) is 0 Å². The third-order valence-electron chi connectivity index (χ3n) is 4.98. The molecule has 0 bridgehead atoms. The quantitative estimate of drug-likeness (QED) is 0.335. The van der Waals surface area contributed by atoms with E-state index >= 15 is 0 Å². The molecule has 6 nitrogen and oxygen atoms in total. The molecule has 1 saturated heterocycles. The lowest BCUT2D eigenvalue weighted by molar-refractivity contribution is -0.130. The molecule has 0 atom stereocenters. The number of hydrogen-bond acceptors (Lipinski definition) is 3. The van der Waals surface area contributed by atoms with Crippen LogP contribution in [0.4, 0.5) is 5.69 Å². The number of aliphatic imine (C=N–C) groups is 1. The number of carbonyl (C=O) groups excluding carboxylic acids is 1. The molecule has 0 unspecified atom stereocenters. The predicted molar refractivity (Wildman–Crippen MR) is 135 cm³/mol. The Morgan fingerprint density at radius 3 is 2.43 bits per heavy atom. The zero-order chi connectivity index (χ0) is 20.5. The van der Waals surface area contributed by atoms with E-state index in [1.165, 1.54) is 5.69 Å². The molecular weight excluding hydrogens is 513 g/mol. The second-order valence-electron chi connectivity index (χ2n) is 6.94. The number of benzene rings is 2. The molecule has 1 amide bonds. The van der Waals surface area contributed by atoms with E-state index in [-0.39, 0.29) is 36.4 Å². The molecule has 162 valence electrons. The molecule has 0 aromatic heterocycles. The summed E-state index contributed by atoms with van der Waals surface area (Å²) in [4.78, 5) is 21.0. The van der Waals surface area contributed by atoms with Gasteiger partial charge in [-0.3, -0.25) is 9.79 Å². The molecule has 3 rings (SSSR count). The second-order valence-corrected chi connectivity index (χ2v) is 7.37. The summed E-state index contributed by atoms with van der Waals surface area (Å²) in [5.41, 5.74) is 2.37. The van der Waals surface area contributed by atoms with Gasteiger partial charge in [-0.25, -0.2) is 0 Å². The van der Waals surface area contributed by atoms with Gasteiger partial charge in [0.15, 0.2) is 5.96 Å². The SMILES string of the molecule is CN=C(NCCc1cccc(Cl)c1)NCC(=O)N1CCN(c2ccccc2)CC1.I. The van der Waals surface area contributed by atoms with Crippen molar-refractivity contribution >= 4 is 53.1 Å². The van der Waals surface area contributed by atoms with E-state index in [9.17, 15) is 4.79 Å². The van der Waals surface area contributed by atoms with E-state index in [1.807, 2.05) is 47.4 Å². The van der Waals surface area contributed by atoms with Crippen molar-refractivity contribution in [2.24, 2.45) is 4.99 Å². The minimum absolute atomic E-state index is 0. The minimum atomic E-state index is 0. The molecule has 30 heavy (non-hydrogen) atoms. The van der Waals surface area contributed by atoms with Crippen LogP contribution < -0.4 is 15.5 Å². The highest BCUT2D eigenvalue weighted by Gasteiger charge is 2.21. The summed E-state index contributed by atoms with van der Waals surface area (Å²) in [5, 5.41) is 7.09. The van der Waals surface area contributed by atoms with Gasteiger partial charge in [0.1, 0.15) is 0 Å². The molecule has 0 radical (unpaired) electrons. The first-order valence-electron chi connectivity index (χ1n) is 9.92. The third kappa shape index (κ3) is 7.36. The highest BCUT2D eigenvalue weighted by Crippen LogP contribution is 2.15. The highest BCUT2D eigenvalue weighted by atomic mass is 127. The molecule has 2 aromatic rings. The molecule has 2 N–H and O–H groups in total. The number of nitrogens with zero attached hydrogens (tertiary/aromatic N) is 3. The fraction of sp³-hybridized carbons (Fsp3) is 0.364. The van der Waals surface area contributed by atoms with E-state index in [2.05, 4.69) is 32.7 Å². The van der Waals surface area contributed by atoms with Crippen molar-refractivity contribution < 1.29 is 4.79 Å². The van der Waals surface area contributed by atoms with Crippen molar-refractivity contribution in [3.8, 4) is 0 Å². The van der Waals surface area contributed by atoms with Crippen LogP contribution in [0.5, 0.6) is 0 Å². The second kappa shape index (κ2) is 12.6. The molecule has 1 aliphatic rings. The van der Waals surface area contributed by atoms with Gasteiger partial charge in [-0.1, -0.05) is 41.9 Å². The first-order chi connectivity index (χ1) is 14.2. The Hall–Kier alpha value is -2.00. The van der Waals surface area contributed by atoms with Crippen molar-refractivity contribution in [3.63, 3.8) is 0 Å². The number of guanidine groups is 1. The Bertz CT molecular complexity index is 825. The molecule has 0 saturated carbocycles. The summed E-state index contributed by atoms with van der Waals surface area (Å²) >= 11 is 6.01. The van der Waals surface area contributed by atoms with Crippen molar-refractivity contribution in [2.75, 3.05) is 51.2 Å². The monoisotopic (exact) mass is 541 g/mol. The van der Waals surface area contributed by atoms with Crippen LogP contribution in [0.25, 0.3) is 0 Å². The van der Waals surface area contributed by atoms with Crippen molar-refractivity contribution in [2.45, 2.75) is 6.42 Å². The van der Waals surface area contributed by atoms with E-state index in [4.69, 9.17) is 11.6 Å². The maximum absolute atomic E-state index is 12.5. The van der Waals surface area contributed by atoms with Crippen LogP contribution in [0.2, 0.25) is 5.02 Å². The number of rotatable bonds is 6. The van der Waals surface area contributed by atoms with Gasteiger partial charge in [-0.15, -0.1) is 24.0 Å². The van der Waals surface area contributed by atoms with Gasteiger partial charge < -0.3 is 20.4 Å². The molecule has 8 heteroatoms. The largest absolute Gasteiger partial charge is 0.368 e. The Morgan fingerprint density at radius 2 is 1.77 bits per heavy atom. The van der Waals surface area contributed by atoms with Crippen LogP contribution >= 0.6 is 35.6 Å². The lowest BCUT2D eigenvalue weighted by Gasteiger charge is -2.36. The number of carbonyl (C=O) groups is 1. The number of hydrogen-bond donors (Lipinski definition) is 2. The van der Waals surface area contributed by atoms with Gasteiger partial charge >= 0.3 is 0 Å². The van der Waals surface area contributed by atoms with Crippen molar-refractivity contribution in [1.82, 2.24) is 15.5 Å². The summed E-state index contributed by atoms with van der Waals surface area (Å²) in [7, 11) is 1.71. The third-order valence-corrected chi connectivity index (χ3v) is 5.21. The average molecular weight is 542 g/mol. The lowest BCUT2D eigenvalue weighted by atomic mass is 10.1. The van der Waals surface area contributed by atoms with Crippen molar-refractivity contribution in [1.29, 1.82) is 0 Å². The summed E-state index contributed by atoms with van der Waals surface area (Å²) < 4.78 is 0. The van der Waals surface area contributed by atoms with E-state index in [0.29, 0.717) is 12.5 Å². The minimum Gasteiger partial charge on any atom is -0.368 e. The summed E-state index contributed by atoms with van der Waals surface area (Å²) in [6, 6.07) is 18.1. The first-order valence-corrected chi connectivity index (χ1v) is 10.3. The van der Waals surface area contributed by atoms with Crippen LogP contribution in [-0.2, 0) is 11.2 Å². The van der Waals surface area contributed by atoms with Gasteiger partial charge in [0.05, 0.1) is 6.54 Å². The Balaban J connectivity index is 0.00000320. The molecular formula is C22H29ClIN5O. The number of anilines is 1. The number of amides is 1. The van der Waals surface area contributed by atoms with Crippen LogP contribution in [0, 0.1) is 0 Å². The summed E-state index contributed by atoms with van der Waals surface area (Å²) in [5.74, 6) is 0.721. The van der Waals surface area contributed by atoms with Crippen LogP contribution in [0.1, 0.15) is 5.56 Å². The smallest absolute Gasteiger partial charge is 0.242 e. The van der Waals surface area contributed by atoms with E-state index in [1.54, 1.807) is 7.05 Å². The average Bonchev–Trinajstić information content (AvgIpc) is 2.76. The first kappa shape index (κ1) is 24.3. The Labute approximate surface area is 200 Å². The van der Waals surface area contributed by atoms with Gasteiger partial charge in [0.2, 0.25) is 5.91 Å². The predicted octanol–water partition coefficient (Wildman–Crippen LogP) is 3.01.